The van der Waals surface area contributed by atoms with E-state index in [2.05, 4.69) is 25.8 Å². The Morgan fingerprint density at radius 1 is 1.35 bits per heavy atom. The highest BCUT2D eigenvalue weighted by atomic mass is 35.5. The minimum atomic E-state index is -0.301. The van der Waals surface area contributed by atoms with Crippen LogP contribution in [0.4, 0.5) is 5.69 Å². The number of amides is 1. The summed E-state index contributed by atoms with van der Waals surface area (Å²) in [5.74, 6) is 0.343. The molecule has 0 atom stereocenters. The molecule has 0 aliphatic rings. The molecule has 23 heavy (non-hydrogen) atoms. The lowest BCUT2D eigenvalue weighted by molar-refractivity contribution is 0.102. The van der Waals surface area contributed by atoms with E-state index in [0.29, 0.717) is 28.6 Å². The maximum absolute atomic E-state index is 12.3. The third kappa shape index (κ3) is 3.19. The molecule has 2 heterocycles. The Balaban J connectivity index is 1.86. The van der Waals surface area contributed by atoms with E-state index in [0.717, 1.165) is 5.56 Å². The lowest BCUT2D eigenvalue weighted by atomic mass is 10.1. The summed E-state index contributed by atoms with van der Waals surface area (Å²) in [6.07, 6.45) is 2.95. The molecule has 0 spiro atoms. The van der Waals surface area contributed by atoms with Crippen LogP contribution < -0.4 is 5.32 Å². The highest BCUT2D eigenvalue weighted by Gasteiger charge is 2.12. The van der Waals surface area contributed by atoms with Gasteiger partial charge in [0.05, 0.1) is 10.6 Å². The number of benzene rings is 1. The van der Waals surface area contributed by atoms with Crippen molar-refractivity contribution in [3.8, 4) is 11.4 Å². The predicted molar refractivity (Wildman–Crippen MR) is 86.1 cm³/mol. The van der Waals surface area contributed by atoms with Crippen LogP contribution in [0, 0.1) is 0 Å². The number of aryl methyl sites for hydroxylation is 1. The second-order valence-electron chi connectivity index (χ2n) is 4.71. The fourth-order valence-electron chi connectivity index (χ4n) is 2.12. The van der Waals surface area contributed by atoms with Crippen LogP contribution in [-0.4, -0.2) is 31.1 Å². The highest BCUT2D eigenvalue weighted by Crippen LogP contribution is 2.21. The van der Waals surface area contributed by atoms with Gasteiger partial charge in [0.1, 0.15) is 0 Å². The van der Waals surface area contributed by atoms with Crippen molar-refractivity contribution in [3.05, 3.63) is 53.3 Å². The van der Waals surface area contributed by atoms with E-state index in [1.54, 1.807) is 16.8 Å². The number of nitrogens with zero attached hydrogens (tertiary/aromatic N) is 5. The van der Waals surface area contributed by atoms with Gasteiger partial charge < -0.3 is 5.32 Å². The van der Waals surface area contributed by atoms with E-state index in [9.17, 15) is 4.79 Å². The number of carbonyl (C=O) groups is 1. The lowest BCUT2D eigenvalue weighted by Crippen LogP contribution is -2.12. The summed E-state index contributed by atoms with van der Waals surface area (Å²) in [5.41, 5.74) is 1.81. The third-order valence-corrected chi connectivity index (χ3v) is 3.53. The number of carbonyl (C=O) groups excluding carboxylic acids is 1. The van der Waals surface area contributed by atoms with E-state index in [-0.39, 0.29) is 5.91 Å². The second-order valence-corrected chi connectivity index (χ2v) is 5.12. The number of aromatic nitrogens is 5. The molecule has 116 valence electrons. The molecule has 0 unspecified atom stereocenters. The highest BCUT2D eigenvalue weighted by molar-refractivity contribution is 6.34. The smallest absolute Gasteiger partial charge is 0.257 e. The molecule has 2 aromatic heterocycles. The van der Waals surface area contributed by atoms with Crippen molar-refractivity contribution in [2.45, 2.75) is 13.5 Å². The summed E-state index contributed by atoms with van der Waals surface area (Å²) in [5, 5.41) is 14.7. The average Bonchev–Trinajstić information content (AvgIpc) is 3.04. The van der Waals surface area contributed by atoms with Gasteiger partial charge in [-0.2, -0.15) is 0 Å². The van der Waals surface area contributed by atoms with Crippen LogP contribution in [-0.2, 0) is 6.54 Å². The molecule has 3 aromatic rings. The Morgan fingerprint density at radius 2 is 2.22 bits per heavy atom. The van der Waals surface area contributed by atoms with Gasteiger partial charge in [-0.3, -0.25) is 9.78 Å². The van der Waals surface area contributed by atoms with Gasteiger partial charge in [0, 0.05) is 30.2 Å². The fourth-order valence-corrected chi connectivity index (χ4v) is 2.32. The summed E-state index contributed by atoms with van der Waals surface area (Å²) in [6, 6.07) is 8.88. The quantitative estimate of drug-likeness (QED) is 0.795. The van der Waals surface area contributed by atoms with Crippen molar-refractivity contribution in [1.82, 2.24) is 25.2 Å². The maximum atomic E-state index is 12.3. The maximum Gasteiger partial charge on any atom is 0.257 e. The largest absolute Gasteiger partial charge is 0.322 e. The Bertz CT molecular complexity index is 847. The number of nitrogens with one attached hydrogen (secondary N) is 1. The summed E-state index contributed by atoms with van der Waals surface area (Å²) >= 11 is 5.98. The predicted octanol–water partition coefficient (Wildman–Crippen LogP) is 2.66. The summed E-state index contributed by atoms with van der Waals surface area (Å²) < 4.78 is 1.68. The number of anilines is 1. The molecule has 0 aliphatic heterocycles. The molecule has 0 bridgehead atoms. The van der Waals surface area contributed by atoms with Gasteiger partial charge in [-0.05, 0) is 35.5 Å². The summed E-state index contributed by atoms with van der Waals surface area (Å²) in [4.78, 5) is 16.2. The monoisotopic (exact) mass is 328 g/mol. The number of tetrazole rings is 1. The fraction of sp³-hybridized carbons (Fsp3) is 0.133. The lowest BCUT2D eigenvalue weighted by Gasteiger charge is -2.08. The van der Waals surface area contributed by atoms with E-state index in [4.69, 9.17) is 11.6 Å². The van der Waals surface area contributed by atoms with Crippen LogP contribution in [0.1, 0.15) is 17.3 Å². The SMILES string of the molecule is CCn1nnnc1-c1cccc(NC(=O)c2ccncc2Cl)c1. The average molecular weight is 329 g/mol. The molecule has 3 rings (SSSR count). The van der Waals surface area contributed by atoms with E-state index in [1.165, 1.54) is 12.4 Å². The molecular formula is C15H13ClN6O. The van der Waals surface area contributed by atoms with Gasteiger partial charge in [-0.1, -0.05) is 23.7 Å². The van der Waals surface area contributed by atoms with Crippen molar-refractivity contribution >= 4 is 23.2 Å². The van der Waals surface area contributed by atoms with Crippen LogP contribution in [0.5, 0.6) is 0 Å². The number of pyridine rings is 1. The zero-order chi connectivity index (χ0) is 16.2. The van der Waals surface area contributed by atoms with Crippen LogP contribution in [0.2, 0.25) is 5.02 Å². The molecule has 8 heteroatoms. The Morgan fingerprint density at radius 3 is 3.00 bits per heavy atom. The van der Waals surface area contributed by atoms with Crippen molar-refractivity contribution in [3.63, 3.8) is 0 Å². The van der Waals surface area contributed by atoms with Gasteiger partial charge in [0.2, 0.25) is 0 Å². The van der Waals surface area contributed by atoms with Gasteiger partial charge in [-0.15, -0.1) is 5.10 Å². The number of hydrogen-bond acceptors (Lipinski definition) is 5. The third-order valence-electron chi connectivity index (χ3n) is 3.23. The normalized spacial score (nSPS) is 10.5. The number of halogens is 1. The first-order valence-corrected chi connectivity index (χ1v) is 7.34. The van der Waals surface area contributed by atoms with Crippen LogP contribution in [0.15, 0.2) is 42.7 Å². The van der Waals surface area contributed by atoms with Gasteiger partial charge in [-0.25, -0.2) is 4.68 Å². The standard InChI is InChI=1S/C15H13ClN6O/c1-2-22-14(19-20-21-22)10-4-3-5-11(8-10)18-15(23)12-6-7-17-9-13(12)16/h3-9H,2H2,1H3,(H,18,23). The molecule has 1 amide bonds. The Labute approximate surface area is 137 Å². The van der Waals surface area contributed by atoms with E-state index < -0.39 is 0 Å². The molecular weight excluding hydrogens is 316 g/mol. The van der Waals surface area contributed by atoms with Crippen molar-refractivity contribution in [2.24, 2.45) is 0 Å². The molecule has 1 aromatic carbocycles. The van der Waals surface area contributed by atoms with Gasteiger partial charge in [0.15, 0.2) is 5.82 Å². The van der Waals surface area contributed by atoms with Gasteiger partial charge in [0.25, 0.3) is 5.91 Å². The topological polar surface area (TPSA) is 85.6 Å². The summed E-state index contributed by atoms with van der Waals surface area (Å²) in [7, 11) is 0. The molecule has 0 fully saturated rings. The van der Waals surface area contributed by atoms with Crippen molar-refractivity contribution in [1.29, 1.82) is 0 Å². The number of rotatable bonds is 4. The Hall–Kier alpha value is -2.80. The summed E-state index contributed by atoms with van der Waals surface area (Å²) in [6.45, 7) is 2.61. The molecule has 1 N–H and O–H groups in total. The molecule has 0 aliphatic carbocycles. The Kier molecular flexibility index (Phi) is 4.29. The second kappa shape index (κ2) is 6.53. The molecule has 0 radical (unpaired) electrons. The zero-order valence-corrected chi connectivity index (χ0v) is 13.0. The first-order valence-electron chi connectivity index (χ1n) is 6.96. The van der Waals surface area contributed by atoms with E-state index >= 15 is 0 Å². The first kappa shape index (κ1) is 15.1. The van der Waals surface area contributed by atoms with E-state index in [1.807, 2.05) is 25.1 Å². The van der Waals surface area contributed by atoms with Gasteiger partial charge >= 0.3 is 0 Å². The number of hydrogen-bond donors (Lipinski definition) is 1. The van der Waals surface area contributed by atoms with Crippen molar-refractivity contribution in [2.75, 3.05) is 5.32 Å². The van der Waals surface area contributed by atoms with Crippen molar-refractivity contribution < 1.29 is 4.79 Å². The first-order chi connectivity index (χ1) is 11.2. The van der Waals surface area contributed by atoms with Crippen LogP contribution >= 0.6 is 11.6 Å². The molecule has 7 nitrogen and oxygen atoms in total. The zero-order valence-electron chi connectivity index (χ0n) is 12.3. The van der Waals surface area contributed by atoms with Crippen LogP contribution in [0.25, 0.3) is 11.4 Å². The molecule has 0 saturated carbocycles. The minimum Gasteiger partial charge on any atom is -0.322 e. The molecule has 0 saturated heterocycles. The van der Waals surface area contributed by atoms with Crippen LogP contribution in [0.3, 0.4) is 0 Å². The minimum absolute atomic E-state index is 0.301.